The topological polar surface area (TPSA) is 72.5 Å². The van der Waals surface area contributed by atoms with Gasteiger partial charge in [-0.3, -0.25) is 9.78 Å². The van der Waals surface area contributed by atoms with Crippen molar-refractivity contribution in [3.63, 3.8) is 0 Å². The van der Waals surface area contributed by atoms with E-state index in [2.05, 4.69) is 21.7 Å². The van der Waals surface area contributed by atoms with Crippen LogP contribution in [-0.4, -0.2) is 36.3 Å². The van der Waals surface area contributed by atoms with Gasteiger partial charge in [0.25, 0.3) is 5.91 Å². The lowest BCUT2D eigenvalue weighted by atomic mass is 9.93. The van der Waals surface area contributed by atoms with Gasteiger partial charge in [0.2, 0.25) is 0 Å². The van der Waals surface area contributed by atoms with E-state index in [1.54, 1.807) is 12.1 Å². The number of carbonyl (C=O) groups is 1. The third-order valence-corrected chi connectivity index (χ3v) is 6.69. The van der Waals surface area contributed by atoms with Crippen LogP contribution in [0.4, 0.5) is 5.69 Å². The molecule has 33 heavy (non-hydrogen) atoms. The van der Waals surface area contributed by atoms with Gasteiger partial charge >= 0.3 is 0 Å². The van der Waals surface area contributed by atoms with Gasteiger partial charge in [0.15, 0.2) is 0 Å². The minimum Gasteiger partial charge on any atom is -0.491 e. The number of pyridine rings is 1. The van der Waals surface area contributed by atoms with E-state index in [4.69, 9.17) is 9.47 Å². The van der Waals surface area contributed by atoms with Crippen LogP contribution in [0.1, 0.15) is 53.6 Å². The number of hydrogen-bond acceptors (Lipinski definition) is 5. The molecule has 1 amide bonds. The summed E-state index contributed by atoms with van der Waals surface area (Å²) in [5.74, 6) is 0.597. The first-order chi connectivity index (χ1) is 16.2. The average Bonchev–Trinajstić information content (AvgIpc) is 3.32. The summed E-state index contributed by atoms with van der Waals surface area (Å²) in [6, 6.07) is 14.1. The van der Waals surface area contributed by atoms with Gasteiger partial charge in [0.1, 0.15) is 12.4 Å². The molecule has 0 spiro atoms. The van der Waals surface area contributed by atoms with E-state index in [9.17, 15) is 4.79 Å². The molecule has 1 unspecified atom stereocenters. The van der Waals surface area contributed by atoms with Crippen molar-refractivity contribution in [1.82, 2.24) is 10.3 Å². The number of anilines is 1. The largest absolute Gasteiger partial charge is 0.491 e. The van der Waals surface area contributed by atoms with Crippen LogP contribution in [0, 0.1) is 6.92 Å². The van der Waals surface area contributed by atoms with Gasteiger partial charge < -0.3 is 20.1 Å². The standard InChI is InChI=1S/C27H31N3O3/c1-18-25(12-9-21-14-19(16-29-26(18)21)15-28-22-4-2-5-22)30-27(31)20-7-10-23(11-8-20)33-17-24-6-3-13-32-24/h7-12,14,16,22,24,28H,2-6,13,15,17H2,1H3,(H,30,31). The maximum Gasteiger partial charge on any atom is 0.255 e. The number of ether oxygens (including phenoxy) is 2. The maximum absolute atomic E-state index is 12.8. The van der Waals surface area contributed by atoms with Crippen LogP contribution in [0.3, 0.4) is 0 Å². The van der Waals surface area contributed by atoms with Crippen molar-refractivity contribution in [2.75, 3.05) is 18.5 Å². The van der Waals surface area contributed by atoms with Crippen molar-refractivity contribution in [3.8, 4) is 5.75 Å². The van der Waals surface area contributed by atoms with Crippen LogP contribution in [0.5, 0.6) is 5.75 Å². The molecule has 2 aliphatic rings. The summed E-state index contributed by atoms with van der Waals surface area (Å²) in [5.41, 5.74) is 4.43. The number of aromatic nitrogens is 1. The normalized spacial score (nSPS) is 18.3. The molecule has 5 rings (SSSR count). The van der Waals surface area contributed by atoms with E-state index in [-0.39, 0.29) is 12.0 Å². The van der Waals surface area contributed by atoms with E-state index in [0.717, 1.165) is 53.9 Å². The summed E-state index contributed by atoms with van der Waals surface area (Å²) in [6.07, 6.45) is 8.11. The van der Waals surface area contributed by atoms with Gasteiger partial charge in [-0.25, -0.2) is 0 Å². The SMILES string of the molecule is Cc1c(NC(=O)c2ccc(OCC3CCCO3)cc2)ccc2cc(CNC3CCC3)cnc12. The molecule has 1 saturated carbocycles. The Morgan fingerprint density at radius 3 is 2.70 bits per heavy atom. The third-order valence-electron chi connectivity index (χ3n) is 6.69. The highest BCUT2D eigenvalue weighted by atomic mass is 16.5. The second-order valence-electron chi connectivity index (χ2n) is 9.09. The van der Waals surface area contributed by atoms with Crippen LogP contribution < -0.4 is 15.4 Å². The minimum atomic E-state index is -0.149. The van der Waals surface area contributed by atoms with E-state index in [1.807, 2.05) is 37.4 Å². The smallest absolute Gasteiger partial charge is 0.255 e. The summed E-state index contributed by atoms with van der Waals surface area (Å²) in [4.78, 5) is 17.5. The van der Waals surface area contributed by atoms with E-state index in [1.165, 1.54) is 24.8 Å². The zero-order chi connectivity index (χ0) is 22.6. The summed E-state index contributed by atoms with van der Waals surface area (Å²) in [6.45, 7) is 4.21. The predicted octanol–water partition coefficient (Wildman–Crippen LogP) is 5.00. The zero-order valence-electron chi connectivity index (χ0n) is 19.1. The lowest BCUT2D eigenvalue weighted by molar-refractivity contribution is 0.0679. The maximum atomic E-state index is 12.8. The Hall–Kier alpha value is -2.96. The van der Waals surface area contributed by atoms with Crippen molar-refractivity contribution in [1.29, 1.82) is 0 Å². The van der Waals surface area contributed by atoms with E-state index in [0.29, 0.717) is 18.2 Å². The highest BCUT2D eigenvalue weighted by molar-refractivity contribution is 6.06. The lowest BCUT2D eigenvalue weighted by Crippen LogP contribution is -2.34. The Kier molecular flexibility index (Phi) is 6.55. The first kappa shape index (κ1) is 21.9. The summed E-state index contributed by atoms with van der Waals surface area (Å²) in [7, 11) is 0. The molecular formula is C27H31N3O3. The van der Waals surface area contributed by atoms with Gasteiger partial charge in [0.05, 0.1) is 11.6 Å². The van der Waals surface area contributed by atoms with Crippen molar-refractivity contribution in [2.45, 2.75) is 57.7 Å². The molecule has 3 aromatic rings. The number of fused-ring (bicyclic) bond motifs is 1. The molecule has 2 fully saturated rings. The van der Waals surface area contributed by atoms with E-state index < -0.39 is 0 Å². The molecule has 0 bridgehead atoms. The van der Waals surface area contributed by atoms with Crippen LogP contribution in [-0.2, 0) is 11.3 Å². The van der Waals surface area contributed by atoms with Crippen molar-refractivity contribution in [2.24, 2.45) is 0 Å². The lowest BCUT2D eigenvalue weighted by Gasteiger charge is -2.26. The van der Waals surface area contributed by atoms with Crippen LogP contribution >= 0.6 is 0 Å². The van der Waals surface area contributed by atoms with Gasteiger partial charge in [-0.15, -0.1) is 0 Å². The number of benzene rings is 2. The van der Waals surface area contributed by atoms with Crippen LogP contribution in [0.25, 0.3) is 10.9 Å². The summed E-state index contributed by atoms with van der Waals surface area (Å²) in [5, 5.41) is 7.71. The third kappa shape index (κ3) is 5.18. The molecule has 6 heteroatoms. The first-order valence-electron chi connectivity index (χ1n) is 11.9. The number of carbonyl (C=O) groups excluding carboxylic acids is 1. The molecule has 2 aromatic carbocycles. The Labute approximate surface area is 194 Å². The molecule has 1 saturated heterocycles. The monoisotopic (exact) mass is 445 g/mol. The summed E-state index contributed by atoms with van der Waals surface area (Å²) >= 11 is 0. The second-order valence-corrected chi connectivity index (χ2v) is 9.09. The Bertz CT molecular complexity index is 1120. The molecule has 6 nitrogen and oxygen atoms in total. The van der Waals surface area contributed by atoms with E-state index >= 15 is 0 Å². The number of rotatable bonds is 8. The summed E-state index contributed by atoms with van der Waals surface area (Å²) < 4.78 is 11.4. The number of aryl methyl sites for hydroxylation is 1. The van der Waals surface area contributed by atoms with Gasteiger partial charge in [0, 0.05) is 42.0 Å². The molecule has 1 aromatic heterocycles. The average molecular weight is 446 g/mol. The zero-order valence-corrected chi connectivity index (χ0v) is 19.1. The second kappa shape index (κ2) is 9.89. The van der Waals surface area contributed by atoms with Crippen LogP contribution in [0.15, 0.2) is 48.7 Å². The fourth-order valence-corrected chi connectivity index (χ4v) is 4.36. The number of nitrogens with zero attached hydrogens (tertiary/aromatic N) is 1. The van der Waals surface area contributed by atoms with Gasteiger partial charge in [-0.05, 0) is 80.1 Å². The number of amides is 1. The number of hydrogen-bond donors (Lipinski definition) is 2. The highest BCUT2D eigenvalue weighted by Gasteiger charge is 2.17. The van der Waals surface area contributed by atoms with Crippen molar-refractivity contribution < 1.29 is 14.3 Å². The molecule has 2 N–H and O–H groups in total. The number of nitrogens with one attached hydrogen (secondary N) is 2. The molecule has 0 radical (unpaired) electrons. The fraction of sp³-hybridized carbons (Fsp3) is 0.407. The first-order valence-corrected chi connectivity index (χ1v) is 11.9. The molecule has 1 aliphatic heterocycles. The van der Waals surface area contributed by atoms with Crippen LogP contribution in [0.2, 0.25) is 0 Å². The Balaban J connectivity index is 1.22. The quantitative estimate of drug-likeness (QED) is 0.511. The fourth-order valence-electron chi connectivity index (χ4n) is 4.36. The molecule has 1 aliphatic carbocycles. The predicted molar refractivity (Wildman–Crippen MR) is 130 cm³/mol. The molecule has 1 atom stereocenters. The Morgan fingerprint density at radius 2 is 1.97 bits per heavy atom. The van der Waals surface area contributed by atoms with Gasteiger partial charge in [-0.2, -0.15) is 0 Å². The Morgan fingerprint density at radius 1 is 1.12 bits per heavy atom. The molecule has 2 heterocycles. The minimum absolute atomic E-state index is 0.149. The van der Waals surface area contributed by atoms with Gasteiger partial charge in [-0.1, -0.05) is 12.5 Å². The van der Waals surface area contributed by atoms with Crippen molar-refractivity contribution in [3.05, 3.63) is 65.4 Å². The highest BCUT2D eigenvalue weighted by Crippen LogP contribution is 2.26. The molecular weight excluding hydrogens is 414 g/mol. The molecule has 172 valence electrons. The van der Waals surface area contributed by atoms with Crippen molar-refractivity contribution >= 4 is 22.5 Å².